The van der Waals surface area contributed by atoms with E-state index < -0.39 is 0 Å². The quantitative estimate of drug-likeness (QED) is 0.819. The van der Waals surface area contributed by atoms with Crippen molar-refractivity contribution in [3.05, 3.63) is 28.5 Å². The highest BCUT2D eigenvalue weighted by Crippen LogP contribution is 2.43. The lowest BCUT2D eigenvalue weighted by molar-refractivity contribution is 0.0933. The van der Waals surface area contributed by atoms with Gasteiger partial charge in [0.15, 0.2) is 0 Å². The molecule has 1 unspecified atom stereocenters. The second-order valence-electron chi connectivity index (χ2n) is 6.19. The van der Waals surface area contributed by atoms with Crippen LogP contribution in [0.3, 0.4) is 0 Å². The third kappa shape index (κ3) is 3.25. The average molecular weight is 362 g/mol. The maximum Gasteiger partial charge on any atom is 0.267 e. The molecule has 0 aliphatic heterocycles. The molecule has 1 atom stereocenters. The molecule has 0 saturated heterocycles. The Morgan fingerprint density at radius 1 is 1.43 bits per heavy atom. The Hall–Kier alpha value is -1.12. The molecule has 4 radical (unpaired) electrons. The zero-order chi connectivity index (χ0) is 16.6. The standard InChI is InChI=1S/C16H20ClN3OSi2/c1-9-6-12(17)11-7-13(20-14(11)18-9)15(21)19-10-4-5-16(8-10,22-2)23-3/h6-7,10H,4-5,8H2,1-3H3,(H,18,20)(H,19,21). The van der Waals surface area contributed by atoms with Crippen LogP contribution in [0.4, 0.5) is 0 Å². The monoisotopic (exact) mass is 361 g/mol. The van der Waals surface area contributed by atoms with Crippen molar-refractivity contribution in [1.29, 1.82) is 0 Å². The summed E-state index contributed by atoms with van der Waals surface area (Å²) in [6.45, 7) is 6.46. The number of carbonyl (C=O) groups is 1. The van der Waals surface area contributed by atoms with Crippen LogP contribution in [0.2, 0.25) is 22.8 Å². The number of rotatable bonds is 4. The maximum absolute atomic E-state index is 12.5. The number of aromatic amines is 1. The van der Waals surface area contributed by atoms with Crippen molar-refractivity contribution in [3.8, 4) is 0 Å². The van der Waals surface area contributed by atoms with E-state index >= 15 is 0 Å². The number of carbonyl (C=O) groups excluding carboxylic acids is 1. The Labute approximate surface area is 146 Å². The average Bonchev–Trinajstić information content (AvgIpc) is 3.12. The summed E-state index contributed by atoms with van der Waals surface area (Å²) in [6, 6.07) is 3.89. The van der Waals surface area contributed by atoms with Gasteiger partial charge in [-0.2, -0.15) is 0 Å². The SMILES string of the molecule is C[Si]C1([Si]C)CCC(NC(=O)c2cc3c(Cl)cc(C)nc3[nH]2)C1. The molecule has 7 heteroatoms. The van der Waals surface area contributed by atoms with Gasteiger partial charge in [-0.3, -0.25) is 4.79 Å². The molecule has 0 spiro atoms. The van der Waals surface area contributed by atoms with E-state index in [1.165, 1.54) is 6.42 Å². The van der Waals surface area contributed by atoms with Crippen LogP contribution in [0.1, 0.15) is 35.4 Å². The van der Waals surface area contributed by atoms with Gasteiger partial charge in [0.25, 0.3) is 5.91 Å². The summed E-state index contributed by atoms with van der Waals surface area (Å²) in [5, 5.41) is 4.61. The lowest BCUT2D eigenvalue weighted by Gasteiger charge is -2.24. The van der Waals surface area contributed by atoms with Crippen LogP contribution in [-0.2, 0) is 0 Å². The predicted octanol–water partition coefficient (Wildman–Crippen LogP) is 3.43. The van der Waals surface area contributed by atoms with Gasteiger partial charge in [0.05, 0.1) is 5.02 Å². The molecule has 1 aliphatic rings. The molecule has 1 fully saturated rings. The Balaban J connectivity index is 1.76. The molecule has 2 N–H and O–H groups in total. The fraction of sp³-hybridized carbons (Fsp3) is 0.500. The van der Waals surface area contributed by atoms with Crippen LogP contribution in [0.5, 0.6) is 0 Å². The lowest BCUT2D eigenvalue weighted by Crippen LogP contribution is -2.34. The highest BCUT2D eigenvalue weighted by molar-refractivity contribution is 6.61. The van der Waals surface area contributed by atoms with Crippen molar-refractivity contribution in [2.24, 2.45) is 0 Å². The predicted molar refractivity (Wildman–Crippen MR) is 96.9 cm³/mol. The summed E-state index contributed by atoms with van der Waals surface area (Å²) in [7, 11) is 1.89. The zero-order valence-electron chi connectivity index (χ0n) is 13.6. The molecule has 2 heterocycles. The van der Waals surface area contributed by atoms with Gasteiger partial charge < -0.3 is 10.3 Å². The van der Waals surface area contributed by atoms with E-state index in [0.29, 0.717) is 21.0 Å². The topological polar surface area (TPSA) is 57.8 Å². The van der Waals surface area contributed by atoms with Gasteiger partial charge in [-0.1, -0.05) is 31.1 Å². The van der Waals surface area contributed by atoms with Crippen molar-refractivity contribution >= 4 is 47.6 Å². The van der Waals surface area contributed by atoms with E-state index in [0.717, 1.165) is 43.0 Å². The molecule has 0 aromatic carbocycles. The molecule has 3 rings (SSSR count). The number of pyridine rings is 1. The highest BCUT2D eigenvalue weighted by atomic mass is 35.5. The summed E-state index contributed by atoms with van der Waals surface area (Å²) in [6.07, 6.45) is 3.40. The number of nitrogens with zero attached hydrogens (tertiary/aromatic N) is 1. The van der Waals surface area contributed by atoms with Crippen LogP contribution < -0.4 is 5.32 Å². The third-order valence-electron chi connectivity index (χ3n) is 4.73. The van der Waals surface area contributed by atoms with Crippen LogP contribution in [0.15, 0.2) is 12.1 Å². The summed E-state index contributed by atoms with van der Waals surface area (Å²) < 4.78 is 0.459. The number of amides is 1. The minimum Gasteiger partial charge on any atom is -0.348 e. The molecule has 120 valence electrons. The molecule has 0 bridgehead atoms. The van der Waals surface area contributed by atoms with E-state index in [4.69, 9.17) is 11.6 Å². The number of hydrogen-bond acceptors (Lipinski definition) is 2. The zero-order valence-corrected chi connectivity index (χ0v) is 16.3. The normalized spacial score (nSPS) is 20.1. The Morgan fingerprint density at radius 2 is 2.17 bits per heavy atom. The van der Waals surface area contributed by atoms with Crippen molar-refractivity contribution in [2.75, 3.05) is 0 Å². The number of hydrogen-bond donors (Lipinski definition) is 2. The first-order valence-electron chi connectivity index (χ1n) is 7.81. The molecular formula is C16H20ClN3OSi2. The molecule has 23 heavy (non-hydrogen) atoms. The molecular weight excluding hydrogens is 342 g/mol. The smallest absolute Gasteiger partial charge is 0.267 e. The van der Waals surface area contributed by atoms with E-state index in [-0.39, 0.29) is 11.9 Å². The first-order chi connectivity index (χ1) is 11.0. The Kier molecular flexibility index (Phi) is 4.66. The van der Waals surface area contributed by atoms with Crippen molar-refractivity contribution < 1.29 is 4.79 Å². The number of H-pyrrole nitrogens is 1. The summed E-state index contributed by atoms with van der Waals surface area (Å²) in [5.41, 5.74) is 2.05. The second kappa shape index (κ2) is 6.41. The molecule has 1 amide bonds. The number of fused-ring (bicyclic) bond motifs is 1. The number of halogens is 1. The lowest BCUT2D eigenvalue weighted by atomic mass is 10.2. The molecule has 4 nitrogen and oxygen atoms in total. The first kappa shape index (κ1) is 16.7. The fourth-order valence-electron chi connectivity index (χ4n) is 3.32. The maximum atomic E-state index is 12.5. The first-order valence-corrected chi connectivity index (χ1v) is 11.2. The van der Waals surface area contributed by atoms with E-state index in [2.05, 4.69) is 28.4 Å². The molecule has 2 aromatic rings. The van der Waals surface area contributed by atoms with Crippen molar-refractivity contribution in [3.63, 3.8) is 0 Å². The molecule has 2 aromatic heterocycles. The summed E-state index contributed by atoms with van der Waals surface area (Å²) in [4.78, 5) is 20.0. The van der Waals surface area contributed by atoms with Gasteiger partial charge in [-0.15, -0.1) is 0 Å². The number of aromatic nitrogens is 2. The van der Waals surface area contributed by atoms with Crippen LogP contribution in [0.25, 0.3) is 11.0 Å². The van der Waals surface area contributed by atoms with Gasteiger partial charge in [0.2, 0.25) is 0 Å². The second-order valence-corrected chi connectivity index (χ2v) is 10.0. The van der Waals surface area contributed by atoms with Gasteiger partial charge in [-0.25, -0.2) is 4.98 Å². The van der Waals surface area contributed by atoms with Crippen LogP contribution in [0, 0.1) is 6.92 Å². The van der Waals surface area contributed by atoms with Crippen LogP contribution in [-0.4, -0.2) is 41.0 Å². The minimum absolute atomic E-state index is 0.0589. The highest BCUT2D eigenvalue weighted by Gasteiger charge is 2.37. The van der Waals surface area contributed by atoms with Crippen molar-refractivity contribution in [1.82, 2.24) is 15.3 Å². The van der Waals surface area contributed by atoms with E-state index in [1.54, 1.807) is 6.07 Å². The largest absolute Gasteiger partial charge is 0.348 e. The van der Waals surface area contributed by atoms with E-state index in [1.807, 2.05) is 13.0 Å². The van der Waals surface area contributed by atoms with Gasteiger partial charge in [0, 0.05) is 36.2 Å². The van der Waals surface area contributed by atoms with Crippen LogP contribution >= 0.6 is 11.6 Å². The minimum atomic E-state index is -0.0589. The molecule has 1 saturated carbocycles. The third-order valence-corrected chi connectivity index (χ3v) is 9.36. The summed E-state index contributed by atoms with van der Waals surface area (Å²) in [5.74, 6) is -0.0589. The van der Waals surface area contributed by atoms with Gasteiger partial charge in [-0.05, 0) is 36.6 Å². The Morgan fingerprint density at radius 3 is 2.83 bits per heavy atom. The number of nitrogens with one attached hydrogen (secondary N) is 2. The van der Waals surface area contributed by atoms with Gasteiger partial charge in [0.1, 0.15) is 11.3 Å². The Bertz CT molecular complexity index is 742. The van der Waals surface area contributed by atoms with E-state index in [9.17, 15) is 4.79 Å². The van der Waals surface area contributed by atoms with Gasteiger partial charge >= 0.3 is 0 Å². The molecule has 1 aliphatic carbocycles. The van der Waals surface area contributed by atoms with Crippen molar-refractivity contribution in [2.45, 2.75) is 50.0 Å². The fourth-order valence-corrected chi connectivity index (χ4v) is 6.31. The summed E-state index contributed by atoms with van der Waals surface area (Å²) >= 11 is 6.24. The number of aryl methyl sites for hydroxylation is 1.